The van der Waals surface area contributed by atoms with E-state index in [0.717, 1.165) is 25.9 Å². The van der Waals surface area contributed by atoms with Gasteiger partial charge in [-0.2, -0.15) is 0 Å². The van der Waals surface area contributed by atoms with Crippen molar-refractivity contribution in [2.45, 2.75) is 38.5 Å². The smallest absolute Gasteiger partial charge is 0.222 e. The molecule has 0 saturated carbocycles. The fourth-order valence-electron chi connectivity index (χ4n) is 1.96. The molecule has 16 heavy (non-hydrogen) atoms. The van der Waals surface area contributed by atoms with Crippen LogP contribution in [0.2, 0.25) is 0 Å². The second-order valence-corrected chi connectivity index (χ2v) is 6.79. The molecule has 0 unspecified atom stereocenters. The normalized spacial score (nSPS) is 18.2. The Morgan fingerprint density at radius 1 is 1.12 bits per heavy atom. The van der Waals surface area contributed by atoms with Gasteiger partial charge in [0.2, 0.25) is 5.91 Å². The number of carbonyl (C=O) groups excluding carboxylic acids is 1. The number of amides is 1. The highest BCUT2D eigenvalue weighted by molar-refractivity contribution is 7.90. The maximum Gasteiger partial charge on any atom is 0.222 e. The molecule has 0 aliphatic carbocycles. The number of nitrogens with zero attached hydrogens (tertiary/aromatic N) is 1. The number of carbonyl (C=O) groups is 1. The standard InChI is InChI=1S/C11H21NO3S/c1-16(14,15)10-6-7-11(13)12-8-4-2-3-5-9-12/h2-10H2,1H3. The summed E-state index contributed by atoms with van der Waals surface area (Å²) in [5, 5.41) is 0. The van der Waals surface area contributed by atoms with Crippen LogP contribution in [-0.4, -0.2) is 44.3 Å². The molecule has 0 atom stereocenters. The Morgan fingerprint density at radius 2 is 1.69 bits per heavy atom. The molecule has 0 bridgehead atoms. The summed E-state index contributed by atoms with van der Waals surface area (Å²) < 4.78 is 21.8. The third kappa shape index (κ3) is 5.49. The van der Waals surface area contributed by atoms with Gasteiger partial charge in [-0.1, -0.05) is 12.8 Å². The van der Waals surface area contributed by atoms with E-state index in [4.69, 9.17) is 0 Å². The lowest BCUT2D eigenvalue weighted by Crippen LogP contribution is -2.31. The Balaban J connectivity index is 2.28. The van der Waals surface area contributed by atoms with Crippen molar-refractivity contribution in [3.63, 3.8) is 0 Å². The van der Waals surface area contributed by atoms with Crippen LogP contribution in [0.5, 0.6) is 0 Å². The van der Waals surface area contributed by atoms with Crippen LogP contribution in [0.15, 0.2) is 0 Å². The molecule has 1 heterocycles. The number of hydrogen-bond acceptors (Lipinski definition) is 3. The van der Waals surface area contributed by atoms with E-state index in [9.17, 15) is 13.2 Å². The van der Waals surface area contributed by atoms with Crippen LogP contribution in [0, 0.1) is 0 Å². The molecule has 4 nitrogen and oxygen atoms in total. The summed E-state index contributed by atoms with van der Waals surface area (Å²) in [7, 11) is -2.93. The summed E-state index contributed by atoms with van der Waals surface area (Å²) in [6, 6.07) is 0. The zero-order valence-corrected chi connectivity index (χ0v) is 10.8. The van der Waals surface area contributed by atoms with Gasteiger partial charge in [0, 0.05) is 25.8 Å². The summed E-state index contributed by atoms with van der Waals surface area (Å²) in [6.45, 7) is 1.69. The van der Waals surface area contributed by atoms with E-state index in [0.29, 0.717) is 12.8 Å². The van der Waals surface area contributed by atoms with Crippen molar-refractivity contribution in [1.29, 1.82) is 0 Å². The molecule has 1 amide bonds. The van der Waals surface area contributed by atoms with E-state index in [1.165, 1.54) is 19.1 Å². The lowest BCUT2D eigenvalue weighted by Gasteiger charge is -2.20. The van der Waals surface area contributed by atoms with Crippen LogP contribution in [0.1, 0.15) is 38.5 Å². The summed E-state index contributed by atoms with van der Waals surface area (Å²) in [5.41, 5.74) is 0. The lowest BCUT2D eigenvalue weighted by molar-refractivity contribution is -0.131. The molecule has 1 aliphatic heterocycles. The number of likely N-dealkylation sites (tertiary alicyclic amines) is 1. The predicted molar refractivity (Wildman–Crippen MR) is 64.0 cm³/mol. The van der Waals surface area contributed by atoms with Crippen LogP contribution >= 0.6 is 0 Å². The molecule has 1 fully saturated rings. The van der Waals surface area contributed by atoms with Crippen LogP contribution < -0.4 is 0 Å². The van der Waals surface area contributed by atoms with Gasteiger partial charge in [0.1, 0.15) is 9.84 Å². The Bertz CT molecular complexity index is 316. The van der Waals surface area contributed by atoms with E-state index >= 15 is 0 Å². The van der Waals surface area contributed by atoms with Gasteiger partial charge < -0.3 is 4.90 Å². The van der Waals surface area contributed by atoms with Crippen molar-refractivity contribution in [1.82, 2.24) is 4.90 Å². The van der Waals surface area contributed by atoms with Crippen molar-refractivity contribution in [2.24, 2.45) is 0 Å². The minimum Gasteiger partial charge on any atom is -0.343 e. The molecule has 0 aromatic heterocycles. The summed E-state index contributed by atoms with van der Waals surface area (Å²) in [6.07, 6.45) is 6.60. The molecule has 0 radical (unpaired) electrons. The fourth-order valence-corrected chi connectivity index (χ4v) is 2.63. The molecule has 94 valence electrons. The topological polar surface area (TPSA) is 54.5 Å². The summed E-state index contributed by atoms with van der Waals surface area (Å²) >= 11 is 0. The van der Waals surface area contributed by atoms with E-state index in [1.807, 2.05) is 4.90 Å². The van der Waals surface area contributed by atoms with Gasteiger partial charge in [-0.25, -0.2) is 8.42 Å². The quantitative estimate of drug-likeness (QED) is 0.750. The van der Waals surface area contributed by atoms with Crippen molar-refractivity contribution < 1.29 is 13.2 Å². The third-order valence-corrected chi connectivity index (χ3v) is 3.89. The maximum atomic E-state index is 11.8. The lowest BCUT2D eigenvalue weighted by atomic mass is 10.2. The molecule has 0 N–H and O–H groups in total. The zero-order valence-electron chi connectivity index (χ0n) is 9.94. The minimum atomic E-state index is -2.93. The minimum absolute atomic E-state index is 0.116. The molecule has 1 saturated heterocycles. The molecule has 5 heteroatoms. The van der Waals surface area contributed by atoms with E-state index in [2.05, 4.69) is 0 Å². The second kappa shape index (κ2) is 6.23. The first-order valence-corrected chi connectivity index (χ1v) is 8.00. The molecule has 0 aromatic carbocycles. The summed E-state index contributed by atoms with van der Waals surface area (Å²) in [4.78, 5) is 13.7. The van der Waals surface area contributed by atoms with Gasteiger partial charge in [-0.3, -0.25) is 4.79 Å². The molecular weight excluding hydrogens is 226 g/mol. The predicted octanol–water partition coefficient (Wildman–Crippen LogP) is 1.21. The first-order chi connectivity index (χ1) is 7.49. The van der Waals surface area contributed by atoms with Crippen molar-refractivity contribution >= 4 is 15.7 Å². The van der Waals surface area contributed by atoms with E-state index in [-0.39, 0.29) is 11.7 Å². The van der Waals surface area contributed by atoms with Gasteiger partial charge >= 0.3 is 0 Å². The van der Waals surface area contributed by atoms with Gasteiger partial charge in [0.15, 0.2) is 0 Å². The Hall–Kier alpha value is -0.580. The fraction of sp³-hybridized carbons (Fsp3) is 0.909. The maximum absolute atomic E-state index is 11.8. The van der Waals surface area contributed by atoms with Gasteiger partial charge in [-0.15, -0.1) is 0 Å². The van der Waals surface area contributed by atoms with Crippen LogP contribution in [-0.2, 0) is 14.6 Å². The number of rotatable bonds is 4. The van der Waals surface area contributed by atoms with Crippen molar-refractivity contribution in [3.05, 3.63) is 0 Å². The van der Waals surface area contributed by atoms with Gasteiger partial charge in [0.05, 0.1) is 5.75 Å². The molecule has 0 aromatic rings. The van der Waals surface area contributed by atoms with Crippen LogP contribution in [0.25, 0.3) is 0 Å². The number of sulfone groups is 1. The highest BCUT2D eigenvalue weighted by atomic mass is 32.2. The molecule has 1 rings (SSSR count). The van der Waals surface area contributed by atoms with E-state index < -0.39 is 9.84 Å². The molecule has 0 spiro atoms. The highest BCUT2D eigenvalue weighted by Crippen LogP contribution is 2.11. The Labute approximate surface area is 97.9 Å². The average molecular weight is 247 g/mol. The summed E-state index contributed by atoms with van der Waals surface area (Å²) in [5.74, 6) is 0.234. The Morgan fingerprint density at radius 3 is 2.19 bits per heavy atom. The first-order valence-electron chi connectivity index (χ1n) is 5.94. The SMILES string of the molecule is CS(=O)(=O)CCCC(=O)N1CCCCCC1. The van der Waals surface area contributed by atoms with Crippen molar-refractivity contribution in [2.75, 3.05) is 25.1 Å². The highest BCUT2D eigenvalue weighted by Gasteiger charge is 2.15. The molecular formula is C11H21NO3S. The largest absolute Gasteiger partial charge is 0.343 e. The second-order valence-electron chi connectivity index (χ2n) is 4.53. The molecule has 1 aliphatic rings. The van der Waals surface area contributed by atoms with Gasteiger partial charge in [-0.05, 0) is 19.3 Å². The van der Waals surface area contributed by atoms with Crippen molar-refractivity contribution in [3.8, 4) is 0 Å². The average Bonchev–Trinajstić information content (AvgIpc) is 2.43. The van der Waals surface area contributed by atoms with Gasteiger partial charge in [0.25, 0.3) is 0 Å². The van der Waals surface area contributed by atoms with Crippen LogP contribution in [0.3, 0.4) is 0 Å². The first kappa shape index (κ1) is 13.5. The zero-order chi connectivity index (χ0) is 12.0. The van der Waals surface area contributed by atoms with E-state index in [1.54, 1.807) is 0 Å². The monoisotopic (exact) mass is 247 g/mol. The Kier molecular flexibility index (Phi) is 5.25. The third-order valence-electron chi connectivity index (χ3n) is 2.86. The van der Waals surface area contributed by atoms with Crippen LogP contribution in [0.4, 0.5) is 0 Å². The number of hydrogen-bond donors (Lipinski definition) is 0.